The van der Waals surface area contributed by atoms with Gasteiger partial charge in [-0.2, -0.15) is 5.26 Å². The first-order valence-corrected chi connectivity index (χ1v) is 10.1. The minimum absolute atomic E-state index is 0.151. The first-order valence-electron chi connectivity index (χ1n) is 10.1. The highest BCUT2D eigenvalue weighted by molar-refractivity contribution is 5.35. The van der Waals surface area contributed by atoms with Gasteiger partial charge in [0.2, 0.25) is 0 Å². The van der Waals surface area contributed by atoms with Crippen LogP contribution in [-0.4, -0.2) is 0 Å². The summed E-state index contributed by atoms with van der Waals surface area (Å²) in [5.41, 5.74) is 1.22. The molecule has 2 saturated carbocycles. The lowest BCUT2D eigenvalue weighted by Gasteiger charge is -2.29. The number of benzene rings is 1. The number of rotatable bonds is 4. The summed E-state index contributed by atoms with van der Waals surface area (Å²) >= 11 is 0. The van der Waals surface area contributed by atoms with Gasteiger partial charge in [-0.05, 0) is 92.7 Å². The van der Waals surface area contributed by atoms with Gasteiger partial charge in [0, 0.05) is 0 Å². The van der Waals surface area contributed by atoms with Crippen LogP contribution < -0.4 is 0 Å². The fourth-order valence-electron chi connectivity index (χ4n) is 4.62. The molecule has 134 valence electrons. The second-order valence-electron chi connectivity index (χ2n) is 8.04. The van der Waals surface area contributed by atoms with Crippen LogP contribution in [0, 0.1) is 34.9 Å². The monoisotopic (exact) mass is 339 g/mol. The molecule has 25 heavy (non-hydrogen) atoms. The minimum Gasteiger partial charge on any atom is -0.206 e. The zero-order chi connectivity index (χ0) is 17.6. The molecule has 0 heterocycles. The summed E-state index contributed by atoms with van der Waals surface area (Å²) in [6, 6.07) is 7.04. The van der Waals surface area contributed by atoms with Crippen molar-refractivity contribution in [3.63, 3.8) is 0 Å². The third-order valence-electron chi connectivity index (χ3n) is 6.48. The van der Waals surface area contributed by atoms with Crippen LogP contribution in [0.5, 0.6) is 0 Å². The first kappa shape index (κ1) is 18.2. The molecule has 1 nitrogen and oxygen atoms in total. The fraction of sp³-hybridized carbons (Fsp3) is 0.609. The molecule has 1 aromatic rings. The van der Waals surface area contributed by atoms with E-state index in [1.165, 1.54) is 44.9 Å². The van der Waals surface area contributed by atoms with Crippen molar-refractivity contribution >= 4 is 0 Å². The minimum atomic E-state index is -0.371. The van der Waals surface area contributed by atoms with Gasteiger partial charge in [-0.1, -0.05) is 31.6 Å². The number of hydrogen-bond donors (Lipinski definition) is 0. The highest BCUT2D eigenvalue weighted by Gasteiger charge is 2.23. The molecule has 0 saturated heterocycles. The smallest absolute Gasteiger partial charge is 0.141 e. The molecule has 0 spiro atoms. The van der Waals surface area contributed by atoms with E-state index in [0.29, 0.717) is 11.8 Å². The lowest BCUT2D eigenvalue weighted by atomic mass is 9.77. The molecule has 0 atom stereocenters. The average Bonchev–Trinajstić information content (AvgIpc) is 2.67. The van der Waals surface area contributed by atoms with Crippen molar-refractivity contribution in [2.24, 2.45) is 17.8 Å². The van der Waals surface area contributed by atoms with E-state index >= 15 is 0 Å². The van der Waals surface area contributed by atoms with E-state index in [2.05, 4.69) is 19.1 Å². The molecule has 2 heteroatoms. The Labute approximate surface area is 151 Å². The van der Waals surface area contributed by atoms with Crippen molar-refractivity contribution in [3.8, 4) is 6.07 Å². The highest BCUT2D eigenvalue weighted by Crippen LogP contribution is 2.38. The van der Waals surface area contributed by atoms with Gasteiger partial charge in [-0.3, -0.25) is 0 Å². The molecule has 0 aromatic heterocycles. The molecule has 1 aromatic carbocycles. The Kier molecular flexibility index (Phi) is 6.29. The molecule has 0 N–H and O–H groups in total. The Morgan fingerprint density at radius 1 is 1.00 bits per heavy atom. The first-order chi connectivity index (χ1) is 12.2. The SMILES string of the molecule is CCC1CCC(/C=C/C2CCC(c3ccc(C#N)c(F)c3)CC2)CC1. The van der Waals surface area contributed by atoms with E-state index in [1.54, 1.807) is 12.1 Å². The second-order valence-corrected chi connectivity index (χ2v) is 8.04. The number of nitriles is 1. The standard InChI is InChI=1S/C23H30FN/c1-2-17-3-5-18(6-4-17)7-8-19-9-11-20(12-10-19)21-13-14-22(16-25)23(24)15-21/h7-8,13-15,17-20H,2-6,9-12H2,1H3/b8-7+. The topological polar surface area (TPSA) is 23.8 Å². The lowest BCUT2D eigenvalue weighted by molar-refractivity contribution is 0.301. The molecule has 0 radical (unpaired) electrons. The normalized spacial score (nSPS) is 30.3. The van der Waals surface area contributed by atoms with Gasteiger partial charge in [0.25, 0.3) is 0 Å². The van der Waals surface area contributed by atoms with Gasteiger partial charge in [0.05, 0.1) is 5.56 Å². The maximum absolute atomic E-state index is 13.8. The van der Waals surface area contributed by atoms with Crippen LogP contribution in [-0.2, 0) is 0 Å². The van der Waals surface area contributed by atoms with Crippen LogP contribution in [0.1, 0.15) is 81.8 Å². The van der Waals surface area contributed by atoms with Gasteiger partial charge in [-0.25, -0.2) is 4.39 Å². The van der Waals surface area contributed by atoms with E-state index in [4.69, 9.17) is 5.26 Å². The van der Waals surface area contributed by atoms with Crippen LogP contribution in [0.15, 0.2) is 30.4 Å². The zero-order valence-electron chi connectivity index (χ0n) is 15.4. The van der Waals surface area contributed by atoms with Crippen molar-refractivity contribution in [1.29, 1.82) is 5.26 Å². The molecule has 2 fully saturated rings. The van der Waals surface area contributed by atoms with Crippen LogP contribution in [0.25, 0.3) is 0 Å². The molecule has 0 unspecified atom stereocenters. The molecule has 2 aliphatic rings. The number of allylic oxidation sites excluding steroid dienone is 2. The third-order valence-corrected chi connectivity index (χ3v) is 6.48. The van der Waals surface area contributed by atoms with Crippen molar-refractivity contribution in [2.75, 3.05) is 0 Å². The Bertz CT molecular complexity index is 626. The number of halogens is 1. The van der Waals surface area contributed by atoms with Crippen molar-refractivity contribution in [2.45, 2.75) is 70.6 Å². The molecule has 3 rings (SSSR count). The highest BCUT2D eigenvalue weighted by atomic mass is 19.1. The van der Waals surface area contributed by atoms with Crippen LogP contribution in [0.4, 0.5) is 4.39 Å². The van der Waals surface area contributed by atoms with E-state index in [-0.39, 0.29) is 11.4 Å². The predicted octanol–water partition coefficient (Wildman–Crippen LogP) is 6.74. The van der Waals surface area contributed by atoms with Crippen molar-refractivity contribution < 1.29 is 4.39 Å². The average molecular weight is 339 g/mol. The summed E-state index contributed by atoms with van der Waals surface area (Å²) in [4.78, 5) is 0. The van der Waals surface area contributed by atoms with Gasteiger partial charge < -0.3 is 0 Å². The summed E-state index contributed by atoms with van der Waals surface area (Å²) in [5.74, 6) is 2.54. The van der Waals surface area contributed by atoms with Gasteiger partial charge >= 0.3 is 0 Å². The van der Waals surface area contributed by atoms with E-state index in [1.807, 2.05) is 12.1 Å². The second kappa shape index (κ2) is 8.65. The maximum atomic E-state index is 13.8. The third kappa shape index (κ3) is 4.72. The molecule has 0 aliphatic heterocycles. The summed E-state index contributed by atoms with van der Waals surface area (Å²) < 4.78 is 13.8. The molecular weight excluding hydrogens is 309 g/mol. The van der Waals surface area contributed by atoms with Gasteiger partial charge in [-0.15, -0.1) is 0 Å². The quantitative estimate of drug-likeness (QED) is 0.557. The van der Waals surface area contributed by atoms with Gasteiger partial charge in [0.15, 0.2) is 0 Å². The Morgan fingerprint density at radius 3 is 2.12 bits per heavy atom. The summed E-state index contributed by atoms with van der Waals surface area (Å²) in [6.45, 7) is 2.32. The van der Waals surface area contributed by atoms with Crippen molar-refractivity contribution in [3.05, 3.63) is 47.3 Å². The Hall–Kier alpha value is -1.62. The summed E-state index contributed by atoms with van der Waals surface area (Å²) in [7, 11) is 0. The lowest BCUT2D eigenvalue weighted by Crippen LogP contribution is -2.14. The van der Waals surface area contributed by atoms with Gasteiger partial charge in [0.1, 0.15) is 11.9 Å². The zero-order valence-corrected chi connectivity index (χ0v) is 15.4. The predicted molar refractivity (Wildman–Crippen MR) is 101 cm³/mol. The summed E-state index contributed by atoms with van der Waals surface area (Å²) in [6.07, 6.45) is 16.5. The number of hydrogen-bond acceptors (Lipinski definition) is 1. The van der Waals surface area contributed by atoms with Crippen LogP contribution in [0.3, 0.4) is 0 Å². The van der Waals surface area contributed by atoms with Crippen LogP contribution >= 0.6 is 0 Å². The fourth-order valence-corrected chi connectivity index (χ4v) is 4.62. The molecule has 0 bridgehead atoms. The number of nitrogens with zero attached hydrogens (tertiary/aromatic N) is 1. The summed E-state index contributed by atoms with van der Waals surface area (Å²) in [5, 5.41) is 8.85. The Morgan fingerprint density at radius 2 is 1.60 bits per heavy atom. The van der Waals surface area contributed by atoms with E-state index in [0.717, 1.165) is 30.2 Å². The molecular formula is C23H30FN. The molecule has 0 amide bonds. The van der Waals surface area contributed by atoms with Crippen molar-refractivity contribution in [1.82, 2.24) is 0 Å². The Balaban J connectivity index is 1.48. The molecule has 2 aliphatic carbocycles. The maximum Gasteiger partial charge on any atom is 0.141 e. The largest absolute Gasteiger partial charge is 0.206 e. The van der Waals surface area contributed by atoms with E-state index in [9.17, 15) is 4.39 Å². The van der Waals surface area contributed by atoms with E-state index < -0.39 is 0 Å². The van der Waals surface area contributed by atoms with Crippen LogP contribution in [0.2, 0.25) is 0 Å².